The molecule has 0 aliphatic carbocycles. The first kappa shape index (κ1) is 37.1. The molecule has 0 fully saturated rings. The molecule has 0 spiro atoms. The van der Waals surface area contributed by atoms with Crippen molar-refractivity contribution in [3.63, 3.8) is 0 Å². The van der Waals surface area contributed by atoms with E-state index >= 15 is 0 Å². The minimum Gasteiger partial charge on any atom is -0.481 e. The molecule has 2 heterocycles. The van der Waals surface area contributed by atoms with E-state index < -0.39 is 5.97 Å². The zero-order valence-corrected chi connectivity index (χ0v) is 28.9. The number of nitrogens with zero attached hydrogens (tertiary/aromatic N) is 4. The molecule has 0 saturated heterocycles. The molecule has 1 unspecified atom stereocenters. The van der Waals surface area contributed by atoms with Gasteiger partial charge in [-0.3, -0.25) is 14.7 Å². The van der Waals surface area contributed by atoms with Gasteiger partial charge in [-0.05, 0) is 25.3 Å². The summed E-state index contributed by atoms with van der Waals surface area (Å²) in [6, 6.07) is 9.98. The lowest BCUT2D eigenvalue weighted by molar-refractivity contribution is -0.142. The van der Waals surface area contributed by atoms with Crippen LogP contribution in [-0.2, 0) is 16.1 Å². The first-order valence-electron chi connectivity index (χ1n) is 18.2. The molecule has 0 aliphatic heterocycles. The number of carbonyl (C=O) groups excluding carboxylic acids is 1. The molecule has 0 saturated carbocycles. The summed E-state index contributed by atoms with van der Waals surface area (Å²) >= 11 is 0. The molecular formula is C37H60N6O3. The van der Waals surface area contributed by atoms with Gasteiger partial charge < -0.3 is 15.3 Å². The van der Waals surface area contributed by atoms with E-state index in [0.717, 1.165) is 55.7 Å². The van der Waals surface area contributed by atoms with Crippen LogP contribution in [0.15, 0.2) is 30.3 Å². The number of fused-ring (bicyclic) bond motifs is 1. The molecule has 1 amide bonds. The van der Waals surface area contributed by atoms with Gasteiger partial charge in [-0.15, -0.1) is 10.2 Å². The van der Waals surface area contributed by atoms with Crippen LogP contribution in [0, 0.1) is 6.92 Å². The Morgan fingerprint density at radius 2 is 1.41 bits per heavy atom. The van der Waals surface area contributed by atoms with Crippen LogP contribution < -0.4 is 5.32 Å². The number of unbranched alkanes of at least 4 members (excludes halogenated alkanes) is 14. The zero-order chi connectivity index (χ0) is 33.0. The molecule has 0 radical (unpaired) electrons. The maximum absolute atomic E-state index is 13.7. The van der Waals surface area contributed by atoms with Gasteiger partial charge in [0.15, 0.2) is 5.82 Å². The Kier molecular flexibility index (Phi) is 17.3. The second-order valence-corrected chi connectivity index (χ2v) is 12.9. The molecule has 9 heteroatoms. The normalized spacial score (nSPS) is 12.1. The number of carboxylic acid groups (broad SMARTS) is 1. The lowest BCUT2D eigenvalue weighted by atomic mass is 10.0. The smallest absolute Gasteiger partial charge is 0.303 e. The minimum absolute atomic E-state index is 0.00468. The van der Waals surface area contributed by atoms with E-state index in [1.807, 2.05) is 34.5 Å². The number of benzene rings is 1. The van der Waals surface area contributed by atoms with Crippen LogP contribution >= 0.6 is 0 Å². The number of amides is 1. The fourth-order valence-corrected chi connectivity index (χ4v) is 6.30. The number of aryl methyl sites for hydroxylation is 1. The van der Waals surface area contributed by atoms with Crippen LogP contribution in [0.1, 0.15) is 159 Å². The number of rotatable bonds is 26. The van der Waals surface area contributed by atoms with Gasteiger partial charge in [0.05, 0.1) is 18.2 Å². The fourth-order valence-electron chi connectivity index (χ4n) is 6.30. The summed E-state index contributed by atoms with van der Waals surface area (Å²) in [5.41, 5.74) is 3.75. The highest BCUT2D eigenvalue weighted by Crippen LogP contribution is 2.31. The van der Waals surface area contributed by atoms with Gasteiger partial charge in [0.1, 0.15) is 5.69 Å². The van der Waals surface area contributed by atoms with Crippen molar-refractivity contribution < 1.29 is 14.7 Å². The van der Waals surface area contributed by atoms with Gasteiger partial charge >= 0.3 is 5.97 Å². The Hall–Kier alpha value is -3.36. The first-order valence-corrected chi connectivity index (χ1v) is 18.2. The molecule has 9 nitrogen and oxygen atoms in total. The predicted octanol–water partition coefficient (Wildman–Crippen LogP) is 9.38. The second-order valence-electron chi connectivity index (χ2n) is 12.9. The third-order valence-corrected chi connectivity index (χ3v) is 9.01. The number of hydrogen-bond donors (Lipinski definition) is 3. The Bertz CT molecular complexity index is 1270. The summed E-state index contributed by atoms with van der Waals surface area (Å²) in [4.78, 5) is 27.0. The van der Waals surface area contributed by atoms with Crippen LogP contribution in [-0.4, -0.2) is 48.2 Å². The van der Waals surface area contributed by atoms with E-state index in [4.69, 9.17) is 0 Å². The lowest BCUT2D eigenvalue weighted by Crippen LogP contribution is -2.37. The summed E-state index contributed by atoms with van der Waals surface area (Å²) in [5.74, 6) is -0.343. The summed E-state index contributed by atoms with van der Waals surface area (Å²) in [5, 5.41) is 25.6. The number of nitrogens with one attached hydrogen (secondary N) is 2. The highest BCUT2D eigenvalue weighted by molar-refractivity contribution is 5.81. The van der Waals surface area contributed by atoms with Gasteiger partial charge in [0.2, 0.25) is 11.6 Å². The summed E-state index contributed by atoms with van der Waals surface area (Å²) in [7, 11) is 0. The molecular weight excluding hydrogens is 576 g/mol. The number of anilines is 1. The van der Waals surface area contributed by atoms with Crippen molar-refractivity contribution in [2.75, 3.05) is 11.9 Å². The summed E-state index contributed by atoms with van der Waals surface area (Å²) in [6.45, 7) is 7.75. The predicted molar refractivity (Wildman–Crippen MR) is 187 cm³/mol. The van der Waals surface area contributed by atoms with Crippen LogP contribution in [0.4, 0.5) is 5.69 Å². The van der Waals surface area contributed by atoms with Crippen LogP contribution in [0.25, 0.3) is 5.65 Å². The molecule has 0 bridgehead atoms. The number of carbonyl (C=O) groups is 2. The zero-order valence-electron chi connectivity index (χ0n) is 28.9. The monoisotopic (exact) mass is 636 g/mol. The third kappa shape index (κ3) is 12.4. The van der Waals surface area contributed by atoms with E-state index in [2.05, 4.69) is 46.6 Å². The summed E-state index contributed by atoms with van der Waals surface area (Å²) < 4.78 is 1.93. The number of aromatic amines is 1. The quantitative estimate of drug-likeness (QED) is 0.0756. The average molecular weight is 637 g/mol. The molecule has 1 atom stereocenters. The van der Waals surface area contributed by atoms with Crippen LogP contribution in [0.5, 0.6) is 0 Å². The van der Waals surface area contributed by atoms with Gasteiger partial charge in [-0.1, -0.05) is 140 Å². The Balaban J connectivity index is 1.77. The van der Waals surface area contributed by atoms with Crippen molar-refractivity contribution in [3.05, 3.63) is 47.4 Å². The maximum atomic E-state index is 13.7. The Morgan fingerprint density at radius 3 is 2.02 bits per heavy atom. The van der Waals surface area contributed by atoms with Crippen LogP contribution in [0.3, 0.4) is 0 Å². The number of aliphatic carboxylic acids is 1. The minimum atomic E-state index is -0.946. The molecule has 2 aromatic heterocycles. The Morgan fingerprint density at radius 1 is 0.826 bits per heavy atom. The van der Waals surface area contributed by atoms with Crippen molar-refractivity contribution in [2.24, 2.45) is 0 Å². The molecule has 3 aromatic rings. The SMILES string of the molecule is CCCCCCCCCCCCC(c1nnc2c(NCc3ccccc3)c(C)[nH]n12)N(CCCCCCCC)C(=O)CCC(=O)O. The topological polar surface area (TPSA) is 116 Å². The molecule has 256 valence electrons. The van der Waals surface area contributed by atoms with E-state index in [-0.39, 0.29) is 24.8 Å². The average Bonchev–Trinajstić information content (AvgIpc) is 3.60. The van der Waals surface area contributed by atoms with E-state index in [9.17, 15) is 14.7 Å². The highest BCUT2D eigenvalue weighted by atomic mass is 16.4. The number of hydrogen-bond acceptors (Lipinski definition) is 5. The molecule has 1 aromatic carbocycles. The third-order valence-electron chi connectivity index (χ3n) is 9.01. The van der Waals surface area contributed by atoms with Gasteiger partial charge in [0, 0.05) is 19.5 Å². The van der Waals surface area contributed by atoms with Crippen molar-refractivity contribution in [2.45, 2.75) is 155 Å². The van der Waals surface area contributed by atoms with E-state index in [0.29, 0.717) is 18.7 Å². The largest absolute Gasteiger partial charge is 0.481 e. The van der Waals surface area contributed by atoms with Crippen LogP contribution in [0.2, 0.25) is 0 Å². The Labute approximate surface area is 276 Å². The maximum Gasteiger partial charge on any atom is 0.303 e. The fraction of sp³-hybridized carbons (Fsp3) is 0.676. The standard InChI is InChI=1S/C37H60N6O3/c1-4-6-8-10-12-13-14-15-16-21-25-32(42(33(44)26-27-34(45)46)28-22-17-11-9-7-5-2)36-39-40-37-35(30(3)41-43(36)37)38-29-31-23-19-18-20-24-31/h18-20,23-24,32,38,41H,4-17,21-22,25-29H2,1-3H3,(H,45,46). The molecule has 46 heavy (non-hydrogen) atoms. The van der Waals surface area contributed by atoms with Gasteiger partial charge in [-0.2, -0.15) is 0 Å². The van der Waals surface area contributed by atoms with Crippen molar-refractivity contribution >= 4 is 23.2 Å². The molecule has 3 rings (SSSR count). The molecule has 3 N–H and O–H groups in total. The van der Waals surface area contributed by atoms with Crippen molar-refractivity contribution in [1.82, 2.24) is 24.7 Å². The lowest BCUT2D eigenvalue weighted by Gasteiger charge is -2.31. The van der Waals surface area contributed by atoms with E-state index in [1.165, 1.54) is 76.2 Å². The number of carboxylic acids is 1. The highest BCUT2D eigenvalue weighted by Gasteiger charge is 2.30. The van der Waals surface area contributed by atoms with Crippen molar-refractivity contribution in [3.8, 4) is 0 Å². The molecule has 0 aliphatic rings. The second kappa shape index (κ2) is 21.4. The van der Waals surface area contributed by atoms with Crippen molar-refractivity contribution in [1.29, 1.82) is 0 Å². The number of aromatic nitrogens is 4. The van der Waals surface area contributed by atoms with Gasteiger partial charge in [-0.25, -0.2) is 4.52 Å². The first-order chi connectivity index (χ1) is 22.5. The van der Waals surface area contributed by atoms with E-state index in [1.54, 1.807) is 0 Å². The summed E-state index contributed by atoms with van der Waals surface area (Å²) in [6.07, 6.45) is 19.8. The number of H-pyrrole nitrogens is 1. The van der Waals surface area contributed by atoms with Gasteiger partial charge in [0.25, 0.3) is 0 Å².